The van der Waals surface area contributed by atoms with Crippen molar-refractivity contribution in [2.45, 2.75) is 17.6 Å². The van der Waals surface area contributed by atoms with Crippen molar-refractivity contribution >= 4 is 34.6 Å². The molecular weight excluding hydrogens is 274 g/mol. The third kappa shape index (κ3) is 3.75. The van der Waals surface area contributed by atoms with E-state index in [1.807, 2.05) is 18.2 Å². The van der Waals surface area contributed by atoms with E-state index in [0.717, 1.165) is 17.0 Å². The molecule has 5 heteroatoms. The number of rotatable bonds is 5. The highest BCUT2D eigenvalue weighted by Gasteiger charge is 2.03. The number of nitrogens with two attached hydrogens (primary N) is 1. The fraction of sp³-hybridized carbons (Fsp3) is 0.214. The molecule has 0 radical (unpaired) electrons. The first-order valence-electron chi connectivity index (χ1n) is 6.05. The number of hydrogen-bond acceptors (Lipinski definition) is 4. The van der Waals surface area contributed by atoms with Crippen molar-refractivity contribution in [3.05, 3.63) is 46.8 Å². The summed E-state index contributed by atoms with van der Waals surface area (Å²) in [4.78, 5) is 0.988. The van der Waals surface area contributed by atoms with Gasteiger partial charge in [-0.2, -0.15) is 5.10 Å². The molecule has 0 saturated heterocycles. The highest BCUT2D eigenvalue weighted by atomic mass is 32.2. The quantitative estimate of drug-likeness (QED) is 0.381. The van der Waals surface area contributed by atoms with Gasteiger partial charge in [0.25, 0.3) is 0 Å². The molecule has 0 saturated carbocycles. The summed E-state index contributed by atoms with van der Waals surface area (Å²) in [6, 6.07) is 12.3. The third-order valence-electron chi connectivity index (χ3n) is 2.70. The molecule has 2 aromatic rings. The SMILES string of the molecule is CCc1ccc(NN=C(N)c2ccc(SC)s2)cc1. The molecule has 0 aliphatic rings. The van der Waals surface area contributed by atoms with Crippen molar-refractivity contribution in [1.82, 2.24) is 0 Å². The average molecular weight is 291 g/mol. The lowest BCUT2D eigenvalue weighted by molar-refractivity contribution is 1.14. The maximum atomic E-state index is 5.96. The summed E-state index contributed by atoms with van der Waals surface area (Å²) in [5, 5.41) is 4.21. The maximum Gasteiger partial charge on any atom is 0.161 e. The van der Waals surface area contributed by atoms with Gasteiger partial charge in [-0.15, -0.1) is 23.1 Å². The summed E-state index contributed by atoms with van der Waals surface area (Å²) in [5.41, 5.74) is 11.2. The van der Waals surface area contributed by atoms with Crippen LogP contribution < -0.4 is 11.2 Å². The highest BCUT2D eigenvalue weighted by molar-refractivity contribution is 8.00. The van der Waals surface area contributed by atoms with Crippen molar-refractivity contribution in [3.63, 3.8) is 0 Å². The third-order valence-corrected chi connectivity index (χ3v) is 4.89. The Morgan fingerprint density at radius 1 is 1.26 bits per heavy atom. The molecule has 19 heavy (non-hydrogen) atoms. The van der Waals surface area contributed by atoms with Gasteiger partial charge in [0.1, 0.15) is 0 Å². The molecule has 0 aliphatic carbocycles. The van der Waals surface area contributed by atoms with Gasteiger partial charge in [-0.1, -0.05) is 19.1 Å². The Morgan fingerprint density at radius 2 is 2.00 bits per heavy atom. The summed E-state index contributed by atoms with van der Waals surface area (Å²) < 4.78 is 1.24. The topological polar surface area (TPSA) is 50.4 Å². The zero-order chi connectivity index (χ0) is 13.7. The largest absolute Gasteiger partial charge is 0.381 e. The molecular formula is C14H17N3S2. The second kappa shape index (κ2) is 6.63. The van der Waals surface area contributed by atoms with Crippen LogP contribution in [-0.2, 0) is 6.42 Å². The van der Waals surface area contributed by atoms with Crippen LogP contribution >= 0.6 is 23.1 Å². The van der Waals surface area contributed by atoms with Gasteiger partial charge >= 0.3 is 0 Å². The summed E-state index contributed by atoms with van der Waals surface area (Å²) in [5.74, 6) is 0.518. The number of thiophene rings is 1. The van der Waals surface area contributed by atoms with E-state index in [0.29, 0.717) is 5.84 Å². The van der Waals surface area contributed by atoms with Crippen LogP contribution in [0.5, 0.6) is 0 Å². The fourth-order valence-electron chi connectivity index (χ4n) is 1.56. The van der Waals surface area contributed by atoms with E-state index in [-0.39, 0.29) is 0 Å². The zero-order valence-corrected chi connectivity index (χ0v) is 12.6. The Labute approximate surface area is 121 Å². The summed E-state index contributed by atoms with van der Waals surface area (Å²) in [6.07, 6.45) is 3.09. The Morgan fingerprint density at radius 3 is 2.58 bits per heavy atom. The number of benzene rings is 1. The standard InChI is InChI=1S/C14H17N3S2/c1-3-10-4-6-11(7-5-10)16-17-14(15)12-8-9-13(18-2)19-12/h4-9,16H,3H2,1-2H3,(H2,15,17). The Balaban J connectivity index is 2.04. The number of nitrogens with one attached hydrogen (secondary N) is 1. The molecule has 0 fully saturated rings. The minimum atomic E-state index is 0.518. The van der Waals surface area contributed by atoms with Crippen molar-refractivity contribution < 1.29 is 0 Å². The number of hydrogen-bond donors (Lipinski definition) is 2. The number of thioether (sulfide) groups is 1. The maximum absolute atomic E-state index is 5.96. The van der Waals surface area contributed by atoms with Gasteiger partial charge in [0.05, 0.1) is 14.8 Å². The van der Waals surface area contributed by atoms with Gasteiger partial charge in [0, 0.05) is 0 Å². The van der Waals surface area contributed by atoms with Gasteiger partial charge < -0.3 is 5.73 Å². The average Bonchev–Trinajstić information content (AvgIpc) is 2.94. The van der Waals surface area contributed by atoms with Crippen LogP contribution in [0.1, 0.15) is 17.4 Å². The fourth-order valence-corrected chi connectivity index (χ4v) is 3.01. The zero-order valence-electron chi connectivity index (χ0n) is 11.0. The predicted octanol–water partition coefficient (Wildman–Crippen LogP) is 3.76. The molecule has 0 unspecified atom stereocenters. The van der Waals surface area contributed by atoms with Gasteiger partial charge in [0.15, 0.2) is 5.84 Å². The molecule has 0 spiro atoms. The van der Waals surface area contributed by atoms with E-state index in [2.05, 4.69) is 41.9 Å². The van der Waals surface area contributed by atoms with E-state index >= 15 is 0 Å². The Kier molecular flexibility index (Phi) is 4.87. The number of hydrazone groups is 1. The van der Waals surface area contributed by atoms with Crippen molar-refractivity contribution in [1.29, 1.82) is 0 Å². The number of anilines is 1. The normalized spacial score (nSPS) is 11.6. The lowest BCUT2D eigenvalue weighted by atomic mass is 10.2. The predicted molar refractivity (Wildman–Crippen MR) is 86.3 cm³/mol. The van der Waals surface area contributed by atoms with E-state index < -0.39 is 0 Å². The van der Waals surface area contributed by atoms with Crippen LogP contribution in [0.4, 0.5) is 5.69 Å². The van der Waals surface area contributed by atoms with Crippen molar-refractivity contribution in [2.75, 3.05) is 11.7 Å². The molecule has 0 amide bonds. The highest BCUT2D eigenvalue weighted by Crippen LogP contribution is 2.24. The first-order valence-corrected chi connectivity index (χ1v) is 8.09. The van der Waals surface area contributed by atoms with Gasteiger partial charge in [0.2, 0.25) is 0 Å². The van der Waals surface area contributed by atoms with Crippen LogP contribution in [0.15, 0.2) is 45.7 Å². The molecule has 3 N–H and O–H groups in total. The molecule has 1 aromatic heterocycles. The Bertz CT molecular complexity index is 558. The van der Waals surface area contributed by atoms with Crippen LogP contribution in [0.25, 0.3) is 0 Å². The molecule has 2 rings (SSSR count). The van der Waals surface area contributed by atoms with Crippen LogP contribution in [0.3, 0.4) is 0 Å². The van der Waals surface area contributed by atoms with E-state index in [1.165, 1.54) is 9.77 Å². The van der Waals surface area contributed by atoms with Gasteiger partial charge in [-0.3, -0.25) is 5.43 Å². The molecule has 0 bridgehead atoms. The second-order valence-electron chi connectivity index (χ2n) is 3.98. The number of nitrogens with zero attached hydrogens (tertiary/aromatic N) is 1. The monoisotopic (exact) mass is 291 g/mol. The van der Waals surface area contributed by atoms with Crippen LogP contribution in [-0.4, -0.2) is 12.1 Å². The van der Waals surface area contributed by atoms with Gasteiger partial charge in [-0.25, -0.2) is 0 Å². The number of aryl methyl sites for hydroxylation is 1. The minimum Gasteiger partial charge on any atom is -0.381 e. The number of amidine groups is 1. The van der Waals surface area contributed by atoms with Crippen LogP contribution in [0, 0.1) is 0 Å². The van der Waals surface area contributed by atoms with Crippen molar-refractivity contribution in [2.24, 2.45) is 10.8 Å². The molecule has 100 valence electrons. The summed E-state index contributed by atoms with van der Waals surface area (Å²) >= 11 is 3.36. The van der Waals surface area contributed by atoms with E-state index in [4.69, 9.17) is 5.73 Å². The van der Waals surface area contributed by atoms with Crippen LogP contribution in [0.2, 0.25) is 0 Å². The first kappa shape index (κ1) is 14.0. The van der Waals surface area contributed by atoms with Gasteiger partial charge in [-0.05, 0) is 42.5 Å². The molecule has 0 atom stereocenters. The summed E-state index contributed by atoms with van der Waals surface area (Å²) in [6.45, 7) is 2.14. The first-order chi connectivity index (χ1) is 9.22. The lowest BCUT2D eigenvalue weighted by Gasteiger charge is -2.03. The van der Waals surface area contributed by atoms with E-state index in [1.54, 1.807) is 23.1 Å². The molecule has 1 aromatic carbocycles. The molecule has 3 nitrogen and oxygen atoms in total. The lowest BCUT2D eigenvalue weighted by Crippen LogP contribution is -2.13. The molecule has 0 aliphatic heterocycles. The second-order valence-corrected chi connectivity index (χ2v) is 6.17. The smallest absolute Gasteiger partial charge is 0.161 e. The Hall–Kier alpha value is -1.46. The van der Waals surface area contributed by atoms with Crippen molar-refractivity contribution in [3.8, 4) is 0 Å². The minimum absolute atomic E-state index is 0.518. The molecule has 1 heterocycles. The van der Waals surface area contributed by atoms with E-state index in [9.17, 15) is 0 Å². The summed E-state index contributed by atoms with van der Waals surface area (Å²) in [7, 11) is 0.